The van der Waals surface area contributed by atoms with E-state index in [1.54, 1.807) is 25.1 Å². The molecule has 1 aliphatic rings. The topological polar surface area (TPSA) is 80.0 Å². The zero-order valence-electron chi connectivity index (χ0n) is 14.5. The Balaban J connectivity index is 2.24. The van der Waals surface area contributed by atoms with Crippen molar-refractivity contribution >= 4 is 13.4 Å². The number of aldehydes is 1. The predicted octanol–water partition coefficient (Wildman–Crippen LogP) is 2.19. The Hall–Kier alpha value is -1.57. The number of benzene rings is 1. The van der Waals surface area contributed by atoms with E-state index in [1.165, 1.54) is 7.11 Å². The number of nitrogens with two attached hydrogens (primary N) is 1. The van der Waals surface area contributed by atoms with Crippen molar-refractivity contribution in [3.05, 3.63) is 23.8 Å². The van der Waals surface area contributed by atoms with Crippen molar-refractivity contribution in [2.75, 3.05) is 7.11 Å². The summed E-state index contributed by atoms with van der Waals surface area (Å²) in [5.74, 6) is 0.834. The first-order valence-electron chi connectivity index (χ1n) is 7.49. The van der Waals surface area contributed by atoms with Crippen molar-refractivity contribution in [2.24, 2.45) is 5.73 Å². The van der Waals surface area contributed by atoms with Gasteiger partial charge in [-0.3, -0.25) is 10.5 Å². The van der Waals surface area contributed by atoms with E-state index in [0.29, 0.717) is 17.1 Å². The molecule has 1 heterocycles. The van der Waals surface area contributed by atoms with Crippen molar-refractivity contribution in [2.45, 2.75) is 51.4 Å². The zero-order chi connectivity index (χ0) is 17.5. The lowest BCUT2D eigenvalue weighted by atomic mass is 9.75. The van der Waals surface area contributed by atoms with Gasteiger partial charge in [0, 0.05) is 5.56 Å². The van der Waals surface area contributed by atoms with Crippen LogP contribution < -0.4 is 15.2 Å². The molecule has 1 aromatic rings. The van der Waals surface area contributed by atoms with Crippen molar-refractivity contribution in [3.63, 3.8) is 0 Å². The molecule has 7 heteroatoms. The van der Waals surface area contributed by atoms with Crippen molar-refractivity contribution in [3.8, 4) is 11.5 Å². The summed E-state index contributed by atoms with van der Waals surface area (Å²) in [7, 11) is 0.752. The van der Waals surface area contributed by atoms with Crippen LogP contribution >= 0.6 is 0 Å². The van der Waals surface area contributed by atoms with Gasteiger partial charge in [-0.15, -0.1) is 0 Å². The van der Waals surface area contributed by atoms with Gasteiger partial charge < -0.3 is 18.8 Å². The molecule has 1 saturated heterocycles. The van der Waals surface area contributed by atoms with E-state index in [0.717, 1.165) is 6.29 Å². The minimum Gasteiger partial charge on any atom is -0.493 e. The maximum atomic E-state index is 10.9. The molecule has 0 bridgehead atoms. The van der Waals surface area contributed by atoms with Crippen LogP contribution in [0.4, 0.5) is 0 Å². The minimum absolute atomic E-state index is 0.415. The number of rotatable bonds is 5. The molecule has 0 aliphatic carbocycles. The Bertz CT molecular complexity index is 584. The molecule has 6 nitrogen and oxygen atoms in total. The molecule has 23 heavy (non-hydrogen) atoms. The Morgan fingerprint density at radius 2 is 1.74 bits per heavy atom. The fraction of sp³-hybridized carbons (Fsp3) is 0.562. The molecule has 2 rings (SSSR count). The molecule has 0 radical (unpaired) electrons. The van der Waals surface area contributed by atoms with Crippen LogP contribution in [0.5, 0.6) is 11.5 Å². The average Bonchev–Trinajstić information content (AvgIpc) is 2.68. The first kappa shape index (κ1) is 17.8. The van der Waals surface area contributed by atoms with Crippen LogP contribution in [0, 0.1) is 0 Å². The molecule has 0 aromatic heterocycles. The third-order valence-corrected chi connectivity index (χ3v) is 4.37. The Labute approximate surface area is 137 Å². The van der Waals surface area contributed by atoms with Gasteiger partial charge in [-0.25, -0.2) is 0 Å². The lowest BCUT2D eigenvalue weighted by Crippen LogP contribution is -2.58. The second-order valence-electron chi connectivity index (χ2n) is 6.90. The molecule has 1 aromatic carbocycles. The van der Waals surface area contributed by atoms with Crippen LogP contribution in [0.2, 0.25) is 0 Å². The number of ether oxygens (including phenoxy) is 2. The number of hydrogen-bond donors (Lipinski definition) is 1. The molecule has 1 atom stereocenters. The van der Waals surface area contributed by atoms with E-state index in [1.807, 2.05) is 27.7 Å². The highest BCUT2D eigenvalue weighted by molar-refractivity contribution is 6.49. The standard InChI is InChI=1S/C16H24BNO5/c1-14(2)15(3,4)23-17(22-14)16(5,18)21-12-8-7-11(10-19)9-13(12)20-6/h7-10H,18H2,1-6H3/t16-/m0/s1. The summed E-state index contributed by atoms with van der Waals surface area (Å²) in [5.41, 5.74) is 4.53. The zero-order valence-corrected chi connectivity index (χ0v) is 14.5. The van der Waals surface area contributed by atoms with E-state index < -0.39 is 23.9 Å². The van der Waals surface area contributed by atoms with Crippen molar-refractivity contribution in [1.29, 1.82) is 0 Å². The molecular weight excluding hydrogens is 297 g/mol. The molecular formula is C16H24BNO5. The van der Waals surface area contributed by atoms with Crippen molar-refractivity contribution in [1.82, 2.24) is 0 Å². The molecule has 0 spiro atoms. The van der Waals surface area contributed by atoms with Crippen LogP contribution in [0.25, 0.3) is 0 Å². The fourth-order valence-electron chi connectivity index (χ4n) is 2.20. The van der Waals surface area contributed by atoms with E-state index in [9.17, 15) is 4.79 Å². The van der Waals surface area contributed by atoms with Crippen molar-refractivity contribution < 1.29 is 23.6 Å². The van der Waals surface area contributed by atoms with E-state index in [-0.39, 0.29) is 0 Å². The fourth-order valence-corrected chi connectivity index (χ4v) is 2.20. The van der Waals surface area contributed by atoms with Gasteiger partial charge in [0.05, 0.1) is 18.3 Å². The lowest BCUT2D eigenvalue weighted by molar-refractivity contribution is 0.00578. The smallest absolute Gasteiger partial charge is 0.493 e. The van der Waals surface area contributed by atoms with Gasteiger partial charge in [-0.05, 0) is 52.8 Å². The summed E-state index contributed by atoms with van der Waals surface area (Å²) in [6, 6.07) is 4.85. The summed E-state index contributed by atoms with van der Waals surface area (Å²) >= 11 is 0. The van der Waals surface area contributed by atoms with Gasteiger partial charge in [0.2, 0.25) is 0 Å². The Kier molecular flexibility index (Phi) is 4.50. The number of methoxy groups -OCH3 is 1. The quantitative estimate of drug-likeness (QED) is 0.509. The highest BCUT2D eigenvalue weighted by atomic mass is 16.7. The Morgan fingerprint density at radius 3 is 2.22 bits per heavy atom. The summed E-state index contributed by atoms with van der Waals surface area (Å²) in [6.07, 6.45) is 0.738. The second-order valence-corrected chi connectivity index (χ2v) is 6.90. The van der Waals surface area contributed by atoms with Gasteiger partial charge in [0.1, 0.15) is 6.29 Å². The largest absolute Gasteiger partial charge is 0.520 e. The second kappa shape index (κ2) is 5.81. The van der Waals surface area contributed by atoms with E-state index >= 15 is 0 Å². The summed E-state index contributed by atoms with van der Waals surface area (Å²) in [5, 5.41) is 0. The molecule has 0 saturated carbocycles. The molecule has 0 amide bonds. The predicted molar refractivity (Wildman–Crippen MR) is 87.7 cm³/mol. The highest BCUT2D eigenvalue weighted by Crippen LogP contribution is 2.40. The maximum absolute atomic E-state index is 10.9. The van der Waals surface area contributed by atoms with Gasteiger partial charge in [0.15, 0.2) is 17.1 Å². The van der Waals surface area contributed by atoms with Crippen LogP contribution in [0.15, 0.2) is 18.2 Å². The molecule has 1 fully saturated rings. The molecule has 0 unspecified atom stereocenters. The first-order valence-corrected chi connectivity index (χ1v) is 7.49. The van der Waals surface area contributed by atoms with Crippen LogP contribution in [0.1, 0.15) is 45.0 Å². The van der Waals surface area contributed by atoms with E-state index in [2.05, 4.69) is 0 Å². The van der Waals surface area contributed by atoms with Crippen LogP contribution in [-0.2, 0) is 9.31 Å². The number of carbonyl (C=O) groups excluding carboxylic acids is 1. The highest BCUT2D eigenvalue weighted by Gasteiger charge is 2.58. The third-order valence-electron chi connectivity index (χ3n) is 4.37. The van der Waals surface area contributed by atoms with Gasteiger partial charge in [0.25, 0.3) is 0 Å². The minimum atomic E-state index is -1.24. The summed E-state index contributed by atoms with van der Waals surface area (Å²) < 4.78 is 23.0. The maximum Gasteiger partial charge on any atom is 0.520 e. The number of carbonyl (C=O) groups is 1. The van der Waals surface area contributed by atoms with Gasteiger partial charge in [-0.2, -0.15) is 0 Å². The molecule has 1 aliphatic heterocycles. The lowest BCUT2D eigenvalue weighted by Gasteiger charge is -2.32. The summed E-state index contributed by atoms with van der Waals surface area (Å²) in [6.45, 7) is 9.47. The number of hydrogen-bond acceptors (Lipinski definition) is 6. The van der Waals surface area contributed by atoms with E-state index in [4.69, 9.17) is 24.5 Å². The molecule has 126 valence electrons. The first-order chi connectivity index (χ1) is 10.5. The summed E-state index contributed by atoms with van der Waals surface area (Å²) in [4.78, 5) is 10.9. The van der Waals surface area contributed by atoms with Crippen LogP contribution in [-0.4, -0.2) is 37.3 Å². The normalized spacial score (nSPS) is 21.6. The molecule has 2 N–H and O–H groups in total. The SMILES string of the molecule is COc1cc(C=O)ccc1O[C@](C)(N)B1OC(C)(C)C(C)(C)O1. The van der Waals surface area contributed by atoms with Crippen LogP contribution in [0.3, 0.4) is 0 Å². The third kappa shape index (κ3) is 3.36. The monoisotopic (exact) mass is 321 g/mol. The Morgan fingerprint density at radius 1 is 1.17 bits per heavy atom. The van der Waals surface area contributed by atoms with Gasteiger partial charge in [-0.1, -0.05) is 0 Å². The van der Waals surface area contributed by atoms with Gasteiger partial charge >= 0.3 is 7.12 Å². The average molecular weight is 321 g/mol.